The smallest absolute Gasteiger partial charge is 0.127 e. The molecule has 1 aliphatic rings. The maximum Gasteiger partial charge on any atom is 0.127 e. The summed E-state index contributed by atoms with van der Waals surface area (Å²) in [6.07, 6.45) is 2.29. The van der Waals surface area contributed by atoms with Crippen molar-refractivity contribution in [1.29, 1.82) is 0 Å². The van der Waals surface area contributed by atoms with Crippen LogP contribution in [-0.4, -0.2) is 50.1 Å². The molecule has 1 aliphatic heterocycles. The number of hydrogen-bond donors (Lipinski definition) is 0. The molecule has 0 saturated carbocycles. The lowest BCUT2D eigenvalue weighted by atomic mass is 10.1. The van der Waals surface area contributed by atoms with Gasteiger partial charge in [-0.05, 0) is 43.3 Å². The highest BCUT2D eigenvalue weighted by Gasteiger charge is 2.15. The van der Waals surface area contributed by atoms with Crippen LogP contribution in [0.3, 0.4) is 0 Å². The minimum absolute atomic E-state index is 0.694. The van der Waals surface area contributed by atoms with Gasteiger partial charge in [-0.15, -0.1) is 11.3 Å². The largest absolute Gasteiger partial charge is 0.489 e. The van der Waals surface area contributed by atoms with Crippen LogP contribution in [0, 0.1) is 0 Å². The van der Waals surface area contributed by atoms with E-state index in [0.29, 0.717) is 6.61 Å². The third kappa shape index (κ3) is 4.67. The average Bonchev–Trinajstić information content (AvgIpc) is 3.05. The van der Waals surface area contributed by atoms with Gasteiger partial charge in [0.05, 0.1) is 0 Å². The lowest BCUT2D eigenvalue weighted by Gasteiger charge is -2.26. The monoisotopic (exact) mass is 328 g/mol. The Morgan fingerprint density at radius 1 is 1.04 bits per heavy atom. The molecule has 0 unspecified atom stereocenters. The summed E-state index contributed by atoms with van der Waals surface area (Å²) in [5.41, 5.74) is 2.54. The summed E-state index contributed by atoms with van der Waals surface area (Å²) in [6.45, 7) is 4.78. The van der Waals surface area contributed by atoms with Crippen molar-refractivity contribution in [3.05, 3.63) is 57.8 Å². The molecule has 0 radical (unpaired) electrons. The minimum atomic E-state index is 0.694. The number of likely N-dealkylation sites (N-methyl/N-ethyl adjacent to an activating group) is 1. The fraction of sp³-hybridized carbons (Fsp3) is 0.368. The lowest BCUT2D eigenvalue weighted by Crippen LogP contribution is -2.33. The van der Waals surface area contributed by atoms with Crippen molar-refractivity contribution in [1.82, 2.24) is 9.80 Å². The van der Waals surface area contributed by atoms with Gasteiger partial charge in [0.15, 0.2) is 0 Å². The van der Waals surface area contributed by atoms with Crippen LogP contribution < -0.4 is 4.74 Å². The Kier molecular flexibility index (Phi) is 5.49. The van der Waals surface area contributed by atoms with Crippen molar-refractivity contribution in [2.75, 3.05) is 40.3 Å². The molecule has 0 saturated heterocycles. The number of nitrogens with zero attached hydrogens (tertiary/aromatic N) is 2. The maximum absolute atomic E-state index is 5.89. The van der Waals surface area contributed by atoms with Gasteiger partial charge in [-0.3, -0.25) is 4.90 Å². The summed E-state index contributed by atoms with van der Waals surface area (Å²) in [4.78, 5) is 6.17. The first kappa shape index (κ1) is 16.2. The Hall–Kier alpha value is -1.62. The number of rotatable bonds is 7. The molecular weight excluding hydrogens is 304 g/mol. The predicted octanol–water partition coefficient (Wildman–Crippen LogP) is 3.59. The van der Waals surface area contributed by atoms with Gasteiger partial charge in [-0.1, -0.05) is 24.3 Å². The molecule has 0 amide bonds. The van der Waals surface area contributed by atoms with Gasteiger partial charge in [-0.25, -0.2) is 0 Å². The number of para-hydroxylation sites is 1. The van der Waals surface area contributed by atoms with E-state index >= 15 is 0 Å². The first-order chi connectivity index (χ1) is 11.2. The summed E-state index contributed by atoms with van der Waals surface area (Å²) in [7, 11) is 4.26. The topological polar surface area (TPSA) is 15.7 Å². The summed E-state index contributed by atoms with van der Waals surface area (Å²) in [5, 5.41) is 2.15. The Morgan fingerprint density at radius 2 is 1.91 bits per heavy atom. The van der Waals surface area contributed by atoms with Crippen LogP contribution in [0.1, 0.15) is 10.4 Å². The SMILES string of the molecule is CN(C)CCN(CC1=Cc2ccccc2OC1)Cc1cccs1. The Balaban J connectivity index is 1.69. The third-order valence-corrected chi connectivity index (χ3v) is 4.80. The van der Waals surface area contributed by atoms with Gasteiger partial charge in [0.2, 0.25) is 0 Å². The summed E-state index contributed by atoms with van der Waals surface area (Å²) >= 11 is 1.83. The van der Waals surface area contributed by atoms with Crippen molar-refractivity contribution in [3.8, 4) is 5.75 Å². The summed E-state index contributed by atoms with van der Waals surface area (Å²) < 4.78 is 5.89. The zero-order valence-corrected chi connectivity index (χ0v) is 14.7. The zero-order chi connectivity index (χ0) is 16.1. The van der Waals surface area contributed by atoms with Gasteiger partial charge in [-0.2, -0.15) is 0 Å². The molecule has 0 bridgehead atoms. The standard InChI is InChI=1S/C19H24N2OS/c1-20(2)9-10-21(14-18-7-5-11-23-18)13-16-12-17-6-3-4-8-19(17)22-15-16/h3-8,11-12H,9-10,13-15H2,1-2H3. The van der Waals surface area contributed by atoms with E-state index in [-0.39, 0.29) is 0 Å². The van der Waals surface area contributed by atoms with Crippen LogP contribution >= 0.6 is 11.3 Å². The molecule has 4 heteroatoms. The van der Waals surface area contributed by atoms with E-state index in [1.165, 1.54) is 16.0 Å². The Labute approximate surface area is 142 Å². The molecule has 0 atom stereocenters. The Morgan fingerprint density at radius 3 is 2.70 bits per heavy atom. The maximum atomic E-state index is 5.89. The molecule has 0 aliphatic carbocycles. The van der Waals surface area contributed by atoms with Crippen LogP contribution in [0.5, 0.6) is 5.75 Å². The van der Waals surface area contributed by atoms with Crippen LogP contribution in [0.25, 0.3) is 6.08 Å². The number of fused-ring (bicyclic) bond motifs is 1. The van der Waals surface area contributed by atoms with Crippen LogP contribution in [0.2, 0.25) is 0 Å². The molecule has 23 heavy (non-hydrogen) atoms. The predicted molar refractivity (Wildman–Crippen MR) is 98.1 cm³/mol. The van der Waals surface area contributed by atoms with Crippen molar-refractivity contribution in [2.45, 2.75) is 6.54 Å². The number of thiophene rings is 1. The van der Waals surface area contributed by atoms with E-state index in [0.717, 1.165) is 31.9 Å². The van der Waals surface area contributed by atoms with Crippen molar-refractivity contribution in [2.24, 2.45) is 0 Å². The highest BCUT2D eigenvalue weighted by molar-refractivity contribution is 7.09. The molecule has 122 valence electrons. The molecule has 0 spiro atoms. The third-order valence-electron chi connectivity index (χ3n) is 3.94. The number of ether oxygens (including phenoxy) is 1. The average molecular weight is 328 g/mol. The van der Waals surface area contributed by atoms with E-state index in [1.807, 2.05) is 23.5 Å². The molecule has 1 aromatic heterocycles. The molecule has 0 N–H and O–H groups in total. The van der Waals surface area contributed by atoms with Crippen molar-refractivity contribution in [3.63, 3.8) is 0 Å². The molecule has 2 aromatic rings. The fourth-order valence-electron chi connectivity index (χ4n) is 2.72. The summed E-state index contributed by atoms with van der Waals surface area (Å²) in [6, 6.07) is 12.6. The van der Waals surface area contributed by atoms with Gasteiger partial charge in [0.25, 0.3) is 0 Å². The van der Waals surface area contributed by atoms with E-state index in [2.05, 4.69) is 59.6 Å². The van der Waals surface area contributed by atoms with E-state index in [4.69, 9.17) is 4.74 Å². The normalized spacial score (nSPS) is 13.8. The Bertz CT molecular complexity index is 649. The van der Waals surface area contributed by atoms with E-state index in [9.17, 15) is 0 Å². The van der Waals surface area contributed by atoms with Gasteiger partial charge in [0.1, 0.15) is 12.4 Å². The van der Waals surface area contributed by atoms with E-state index in [1.54, 1.807) is 0 Å². The molecule has 1 aromatic carbocycles. The second-order valence-corrected chi connectivity index (χ2v) is 7.25. The van der Waals surface area contributed by atoms with E-state index < -0.39 is 0 Å². The number of hydrogen-bond acceptors (Lipinski definition) is 4. The zero-order valence-electron chi connectivity index (χ0n) is 13.9. The highest BCUT2D eigenvalue weighted by Crippen LogP contribution is 2.26. The minimum Gasteiger partial charge on any atom is -0.489 e. The second-order valence-electron chi connectivity index (χ2n) is 6.22. The van der Waals surface area contributed by atoms with Crippen LogP contribution in [0.15, 0.2) is 47.4 Å². The lowest BCUT2D eigenvalue weighted by molar-refractivity contribution is 0.240. The first-order valence-corrected chi connectivity index (χ1v) is 8.89. The molecule has 3 nitrogen and oxygen atoms in total. The molecule has 2 heterocycles. The van der Waals surface area contributed by atoms with Gasteiger partial charge in [0, 0.05) is 36.6 Å². The van der Waals surface area contributed by atoms with Crippen molar-refractivity contribution >= 4 is 17.4 Å². The fourth-order valence-corrected chi connectivity index (χ4v) is 3.47. The highest BCUT2D eigenvalue weighted by atomic mass is 32.1. The molecular formula is C19H24N2OS. The van der Waals surface area contributed by atoms with Crippen molar-refractivity contribution < 1.29 is 4.74 Å². The summed E-state index contributed by atoms with van der Waals surface area (Å²) in [5.74, 6) is 0.995. The number of benzene rings is 1. The van der Waals surface area contributed by atoms with Gasteiger partial charge < -0.3 is 9.64 Å². The second kappa shape index (κ2) is 7.77. The molecule has 0 fully saturated rings. The van der Waals surface area contributed by atoms with Gasteiger partial charge >= 0.3 is 0 Å². The van der Waals surface area contributed by atoms with Crippen LogP contribution in [-0.2, 0) is 6.54 Å². The first-order valence-electron chi connectivity index (χ1n) is 8.01. The van der Waals surface area contributed by atoms with Crippen LogP contribution in [0.4, 0.5) is 0 Å². The quantitative estimate of drug-likeness (QED) is 0.772. The molecule has 3 rings (SSSR count).